The predicted octanol–water partition coefficient (Wildman–Crippen LogP) is 2.00. The molecule has 1 heterocycles. The lowest BCUT2D eigenvalue weighted by atomic mass is 9.96. The van der Waals surface area contributed by atoms with Crippen molar-refractivity contribution in [3.8, 4) is 0 Å². The van der Waals surface area contributed by atoms with E-state index in [0.717, 1.165) is 31.5 Å². The Bertz CT molecular complexity index is 889. The molecule has 0 aromatic heterocycles. The van der Waals surface area contributed by atoms with Crippen molar-refractivity contribution < 1.29 is 9.53 Å². The molecule has 1 aliphatic heterocycles. The van der Waals surface area contributed by atoms with E-state index >= 15 is 0 Å². The van der Waals surface area contributed by atoms with Crippen LogP contribution in [0.15, 0.2) is 39.9 Å². The molecule has 2 aromatic rings. The Kier molecular flexibility index (Phi) is 6.90. The third kappa shape index (κ3) is 4.78. The van der Waals surface area contributed by atoms with Gasteiger partial charge >= 0.3 is 5.97 Å². The fourth-order valence-electron chi connectivity index (χ4n) is 3.82. The maximum Gasteiger partial charge on any atom is 0.310 e. The number of ether oxygens (including phenoxy) is 1. The van der Waals surface area contributed by atoms with Crippen LogP contribution < -0.4 is 26.0 Å². The molecule has 0 saturated carbocycles. The third-order valence-corrected chi connectivity index (χ3v) is 5.41. The van der Waals surface area contributed by atoms with Crippen LogP contribution in [0.5, 0.6) is 0 Å². The fraction of sp³-hybridized carbons (Fsp3) is 0.500. The summed E-state index contributed by atoms with van der Waals surface area (Å²) in [5, 5.41) is 3.15. The first-order chi connectivity index (χ1) is 14.0. The van der Waals surface area contributed by atoms with Crippen LogP contribution in [0.25, 0.3) is 0 Å². The topological polar surface area (TPSA) is 79.0 Å². The lowest BCUT2D eigenvalue weighted by molar-refractivity contribution is -0.148. The molecule has 0 aliphatic carbocycles. The van der Waals surface area contributed by atoms with Crippen molar-refractivity contribution >= 4 is 23.0 Å². The second kappa shape index (κ2) is 9.58. The second-order valence-corrected chi connectivity index (χ2v) is 7.46. The van der Waals surface area contributed by atoms with Crippen molar-refractivity contribution in [1.82, 2.24) is 0 Å². The third-order valence-electron chi connectivity index (χ3n) is 5.41. The molecule has 0 radical (unpaired) electrons. The number of hydrogen-bond acceptors (Lipinski definition) is 7. The number of anilines is 3. The first-order valence-electron chi connectivity index (χ1n) is 10.3. The van der Waals surface area contributed by atoms with Gasteiger partial charge in [-0.3, -0.25) is 14.4 Å². The minimum absolute atomic E-state index is 0.227. The average molecular weight is 399 g/mol. The highest BCUT2D eigenvalue weighted by molar-refractivity contribution is 5.78. The Morgan fingerprint density at radius 2 is 2.00 bits per heavy atom. The van der Waals surface area contributed by atoms with Crippen molar-refractivity contribution in [3.05, 3.63) is 50.8 Å². The summed E-state index contributed by atoms with van der Waals surface area (Å²) in [7, 11) is 2.03. The first kappa shape index (κ1) is 20.9. The molecule has 1 saturated heterocycles. The fourth-order valence-corrected chi connectivity index (χ4v) is 3.82. The molecule has 1 N–H and O–H groups in total. The molecule has 1 aliphatic rings. The monoisotopic (exact) mass is 399 g/mol. The molecule has 1 atom stereocenters. The number of hydrogen-bond donors (Lipinski definition) is 1. The molecule has 7 nitrogen and oxygen atoms in total. The van der Waals surface area contributed by atoms with Gasteiger partial charge in [-0.2, -0.15) is 0 Å². The van der Waals surface area contributed by atoms with E-state index in [9.17, 15) is 14.4 Å². The Balaban J connectivity index is 1.55. The summed E-state index contributed by atoms with van der Waals surface area (Å²) in [5.74, 6) is -0.477. The molecule has 3 rings (SSSR count). The summed E-state index contributed by atoms with van der Waals surface area (Å²) in [5.41, 5.74) is 1.04. The van der Waals surface area contributed by atoms with E-state index in [1.165, 1.54) is 0 Å². The summed E-state index contributed by atoms with van der Waals surface area (Å²) >= 11 is 0. The lowest BCUT2D eigenvalue weighted by Crippen LogP contribution is -2.47. The number of carbonyl (C=O) groups is 1. The lowest BCUT2D eigenvalue weighted by Gasteiger charge is -2.34. The van der Waals surface area contributed by atoms with E-state index in [0.29, 0.717) is 37.6 Å². The Labute approximate surface area is 171 Å². The van der Waals surface area contributed by atoms with E-state index in [2.05, 4.69) is 22.3 Å². The zero-order chi connectivity index (χ0) is 20.8. The van der Waals surface area contributed by atoms with Crippen LogP contribution in [0.3, 0.4) is 0 Å². The number of benzene rings is 1. The molecular weight excluding hydrogens is 370 g/mol. The molecule has 29 heavy (non-hydrogen) atoms. The average Bonchev–Trinajstić information content (AvgIpc) is 2.76. The van der Waals surface area contributed by atoms with Crippen LogP contribution >= 0.6 is 0 Å². The number of nitrogens with zero attached hydrogens (tertiary/aromatic N) is 2. The highest BCUT2D eigenvalue weighted by Gasteiger charge is 2.32. The molecular formula is C22H29N3O4. The highest BCUT2D eigenvalue weighted by atomic mass is 16.5. The van der Waals surface area contributed by atoms with Crippen molar-refractivity contribution in [2.24, 2.45) is 5.92 Å². The van der Waals surface area contributed by atoms with Crippen LogP contribution in [0.1, 0.15) is 26.2 Å². The van der Waals surface area contributed by atoms with Gasteiger partial charge in [0, 0.05) is 38.9 Å². The van der Waals surface area contributed by atoms with E-state index < -0.39 is 10.9 Å². The number of nitrogens with one attached hydrogen (secondary N) is 1. The van der Waals surface area contributed by atoms with Crippen molar-refractivity contribution in [3.63, 3.8) is 0 Å². The zero-order valence-electron chi connectivity index (χ0n) is 17.1. The minimum Gasteiger partial charge on any atom is -0.466 e. The van der Waals surface area contributed by atoms with Gasteiger partial charge in [0.15, 0.2) is 0 Å². The number of esters is 1. The number of rotatable bonds is 9. The Morgan fingerprint density at radius 3 is 2.72 bits per heavy atom. The van der Waals surface area contributed by atoms with E-state index in [1.54, 1.807) is 6.92 Å². The highest BCUT2D eigenvalue weighted by Crippen LogP contribution is 2.27. The van der Waals surface area contributed by atoms with Gasteiger partial charge in [-0.1, -0.05) is 18.2 Å². The molecule has 1 fully saturated rings. The predicted molar refractivity (Wildman–Crippen MR) is 116 cm³/mol. The van der Waals surface area contributed by atoms with Gasteiger partial charge in [-0.15, -0.1) is 0 Å². The zero-order valence-corrected chi connectivity index (χ0v) is 17.1. The summed E-state index contributed by atoms with van der Waals surface area (Å²) < 4.78 is 5.12. The van der Waals surface area contributed by atoms with Gasteiger partial charge in [0.05, 0.1) is 12.5 Å². The normalized spacial score (nSPS) is 16.6. The number of para-hydroxylation sites is 1. The number of piperidine rings is 1. The van der Waals surface area contributed by atoms with Gasteiger partial charge in [-0.05, 0) is 38.3 Å². The van der Waals surface area contributed by atoms with Crippen LogP contribution in [-0.4, -0.2) is 45.8 Å². The Hall–Kier alpha value is -2.83. The summed E-state index contributed by atoms with van der Waals surface area (Å²) in [6.07, 6.45) is 2.37. The van der Waals surface area contributed by atoms with Crippen LogP contribution in [0, 0.1) is 5.92 Å². The maximum atomic E-state index is 12.2. The molecule has 2 aromatic carbocycles. The summed E-state index contributed by atoms with van der Waals surface area (Å²) in [6, 6.07) is 10.1. The van der Waals surface area contributed by atoms with Crippen molar-refractivity contribution in [2.45, 2.75) is 26.2 Å². The molecule has 0 spiro atoms. The van der Waals surface area contributed by atoms with E-state index in [-0.39, 0.29) is 11.9 Å². The molecule has 0 unspecified atom stereocenters. The smallest absolute Gasteiger partial charge is 0.310 e. The Morgan fingerprint density at radius 1 is 1.24 bits per heavy atom. The summed E-state index contributed by atoms with van der Waals surface area (Å²) in [6.45, 7) is 4.66. The van der Waals surface area contributed by atoms with Crippen molar-refractivity contribution in [2.75, 3.05) is 55.0 Å². The second-order valence-electron chi connectivity index (χ2n) is 7.46. The molecule has 0 amide bonds. The van der Waals surface area contributed by atoms with E-state index in [4.69, 9.17) is 4.74 Å². The minimum atomic E-state index is -0.463. The SMILES string of the molecule is CCOC(=O)[C@@H]1CCCN(c2c(NCCCN(C)c3ccccc3)c(=O)c2=O)C1. The van der Waals surface area contributed by atoms with Gasteiger partial charge < -0.3 is 19.9 Å². The number of carbonyl (C=O) groups excluding carboxylic acids is 1. The van der Waals surface area contributed by atoms with Crippen LogP contribution in [0.2, 0.25) is 0 Å². The molecule has 0 bridgehead atoms. The molecule has 7 heteroatoms. The van der Waals surface area contributed by atoms with E-state index in [1.807, 2.05) is 30.1 Å². The van der Waals surface area contributed by atoms with Gasteiger partial charge in [0.2, 0.25) is 0 Å². The molecule has 156 valence electrons. The maximum absolute atomic E-state index is 12.2. The van der Waals surface area contributed by atoms with Gasteiger partial charge in [-0.25, -0.2) is 0 Å². The largest absolute Gasteiger partial charge is 0.466 e. The first-order valence-corrected chi connectivity index (χ1v) is 10.3. The van der Waals surface area contributed by atoms with Crippen molar-refractivity contribution in [1.29, 1.82) is 0 Å². The standard InChI is InChI=1S/C22H29N3O4/c1-3-29-22(28)16-9-7-14-25(15-16)19-18(20(26)21(19)27)23-12-8-13-24(2)17-10-5-4-6-11-17/h4-6,10-11,16,23H,3,7-9,12-15H2,1-2H3/t16-/m1/s1. The summed E-state index contributed by atoms with van der Waals surface area (Å²) in [4.78, 5) is 40.3. The van der Waals surface area contributed by atoms with Gasteiger partial charge in [0.25, 0.3) is 10.9 Å². The quantitative estimate of drug-likeness (QED) is 0.392. The van der Waals surface area contributed by atoms with Crippen LogP contribution in [0.4, 0.5) is 17.1 Å². The van der Waals surface area contributed by atoms with Gasteiger partial charge in [0.1, 0.15) is 11.4 Å². The van der Waals surface area contributed by atoms with Crippen LogP contribution in [-0.2, 0) is 9.53 Å².